The third kappa shape index (κ3) is 4.20. The maximum absolute atomic E-state index is 12.6. The standard InChI is InChI=1S/C19H26BrN3O3/c1-19(2,3)26-18(25)22-9-4-5-14(22)12-23-16-7-6-13(20)11-15(16)21-17(23)8-10-24/h6-7,11,14,24H,4-5,8-10,12H2,1-3H3. The van der Waals surface area contributed by atoms with Gasteiger partial charge in [-0.1, -0.05) is 15.9 Å². The van der Waals surface area contributed by atoms with Crippen LogP contribution in [0.5, 0.6) is 0 Å². The van der Waals surface area contributed by atoms with Crippen LogP contribution in [-0.4, -0.2) is 50.4 Å². The van der Waals surface area contributed by atoms with Gasteiger partial charge in [0.25, 0.3) is 0 Å². The van der Waals surface area contributed by atoms with Crippen molar-refractivity contribution in [2.75, 3.05) is 13.2 Å². The van der Waals surface area contributed by atoms with Crippen LogP contribution in [0.4, 0.5) is 4.79 Å². The summed E-state index contributed by atoms with van der Waals surface area (Å²) in [6.45, 7) is 7.08. The Morgan fingerprint density at radius 1 is 1.42 bits per heavy atom. The number of nitrogens with zero attached hydrogens (tertiary/aromatic N) is 3. The number of hydrogen-bond acceptors (Lipinski definition) is 4. The van der Waals surface area contributed by atoms with Crippen LogP contribution in [0.25, 0.3) is 11.0 Å². The topological polar surface area (TPSA) is 67.6 Å². The first kappa shape index (κ1) is 19.2. The Labute approximate surface area is 162 Å². The minimum Gasteiger partial charge on any atom is -0.444 e. The van der Waals surface area contributed by atoms with Gasteiger partial charge in [-0.3, -0.25) is 0 Å². The number of rotatable bonds is 4. The van der Waals surface area contributed by atoms with E-state index in [1.54, 1.807) is 0 Å². The molecular formula is C19H26BrN3O3. The second-order valence-electron chi connectivity index (χ2n) is 7.72. The van der Waals surface area contributed by atoms with E-state index in [4.69, 9.17) is 4.74 Å². The number of carbonyl (C=O) groups is 1. The van der Waals surface area contributed by atoms with Crippen LogP contribution in [0.2, 0.25) is 0 Å². The number of imidazole rings is 1. The number of hydrogen-bond donors (Lipinski definition) is 1. The van der Waals surface area contributed by atoms with E-state index in [0.29, 0.717) is 19.5 Å². The highest BCUT2D eigenvalue weighted by molar-refractivity contribution is 9.10. The maximum atomic E-state index is 12.6. The summed E-state index contributed by atoms with van der Waals surface area (Å²) in [5, 5.41) is 9.41. The monoisotopic (exact) mass is 423 g/mol. The number of ether oxygens (including phenoxy) is 1. The summed E-state index contributed by atoms with van der Waals surface area (Å²) in [7, 11) is 0. The van der Waals surface area contributed by atoms with Crippen LogP contribution in [0.1, 0.15) is 39.4 Å². The SMILES string of the molecule is CC(C)(C)OC(=O)N1CCCC1Cn1c(CCO)nc2cc(Br)ccc21. The number of aliphatic hydroxyl groups is 1. The molecule has 0 bridgehead atoms. The molecule has 1 unspecified atom stereocenters. The molecule has 0 saturated carbocycles. The molecule has 1 fully saturated rings. The molecule has 1 aromatic carbocycles. The number of aliphatic hydroxyl groups excluding tert-OH is 1. The van der Waals surface area contributed by atoms with E-state index in [0.717, 1.165) is 34.2 Å². The molecule has 1 aliphatic heterocycles. The zero-order chi connectivity index (χ0) is 18.9. The lowest BCUT2D eigenvalue weighted by molar-refractivity contribution is 0.0214. The van der Waals surface area contributed by atoms with Gasteiger partial charge < -0.3 is 19.3 Å². The Kier molecular flexibility index (Phi) is 5.58. The smallest absolute Gasteiger partial charge is 0.410 e. The molecule has 2 heterocycles. The molecule has 1 amide bonds. The Bertz CT molecular complexity index is 797. The lowest BCUT2D eigenvalue weighted by Gasteiger charge is -2.29. The molecule has 3 rings (SSSR count). The van der Waals surface area contributed by atoms with Gasteiger partial charge in [0.15, 0.2) is 0 Å². The minimum absolute atomic E-state index is 0.0466. The van der Waals surface area contributed by atoms with Crippen LogP contribution < -0.4 is 0 Å². The summed E-state index contributed by atoms with van der Waals surface area (Å²) in [6.07, 6.45) is 2.15. The van der Waals surface area contributed by atoms with Crippen molar-refractivity contribution in [3.8, 4) is 0 Å². The molecule has 1 aromatic heterocycles. The van der Waals surface area contributed by atoms with Gasteiger partial charge in [0.1, 0.15) is 11.4 Å². The van der Waals surface area contributed by atoms with Gasteiger partial charge in [-0.05, 0) is 51.8 Å². The van der Waals surface area contributed by atoms with Gasteiger partial charge in [0.05, 0.1) is 23.7 Å². The summed E-state index contributed by atoms with van der Waals surface area (Å²) in [6, 6.07) is 6.07. The number of amides is 1. The fourth-order valence-electron chi connectivity index (χ4n) is 3.44. The van der Waals surface area contributed by atoms with Gasteiger partial charge >= 0.3 is 6.09 Å². The molecule has 1 atom stereocenters. The summed E-state index contributed by atoms with van der Waals surface area (Å²) < 4.78 is 8.67. The molecule has 0 aliphatic carbocycles. The molecule has 0 radical (unpaired) electrons. The molecule has 1 N–H and O–H groups in total. The average Bonchev–Trinajstić information content (AvgIpc) is 3.11. The van der Waals surface area contributed by atoms with E-state index in [-0.39, 0.29) is 18.7 Å². The van der Waals surface area contributed by atoms with E-state index in [2.05, 4.69) is 25.5 Å². The quantitative estimate of drug-likeness (QED) is 0.812. The van der Waals surface area contributed by atoms with E-state index < -0.39 is 5.60 Å². The lowest BCUT2D eigenvalue weighted by atomic mass is 10.2. The average molecular weight is 424 g/mol. The van der Waals surface area contributed by atoms with Crippen LogP contribution in [-0.2, 0) is 17.7 Å². The van der Waals surface area contributed by atoms with Crippen LogP contribution >= 0.6 is 15.9 Å². The molecule has 1 aliphatic rings. The number of carbonyl (C=O) groups excluding carboxylic acids is 1. The van der Waals surface area contributed by atoms with Gasteiger partial charge in [-0.2, -0.15) is 0 Å². The number of aromatic nitrogens is 2. The van der Waals surface area contributed by atoms with E-state index >= 15 is 0 Å². The zero-order valence-electron chi connectivity index (χ0n) is 15.5. The molecule has 2 aromatic rings. The molecule has 142 valence electrons. The first-order chi connectivity index (χ1) is 12.3. The predicted molar refractivity (Wildman–Crippen MR) is 104 cm³/mol. The van der Waals surface area contributed by atoms with Crippen molar-refractivity contribution in [1.82, 2.24) is 14.5 Å². The third-order valence-corrected chi connectivity index (χ3v) is 5.02. The summed E-state index contributed by atoms with van der Waals surface area (Å²) >= 11 is 3.48. The Morgan fingerprint density at radius 2 is 2.19 bits per heavy atom. The van der Waals surface area contributed by atoms with Crippen molar-refractivity contribution >= 4 is 33.1 Å². The fraction of sp³-hybridized carbons (Fsp3) is 0.579. The molecule has 0 spiro atoms. The second kappa shape index (κ2) is 7.56. The minimum atomic E-state index is -0.500. The first-order valence-electron chi connectivity index (χ1n) is 9.03. The Morgan fingerprint density at radius 3 is 2.88 bits per heavy atom. The molecule has 26 heavy (non-hydrogen) atoms. The number of fused-ring (bicyclic) bond motifs is 1. The zero-order valence-corrected chi connectivity index (χ0v) is 17.1. The maximum Gasteiger partial charge on any atom is 0.410 e. The highest BCUT2D eigenvalue weighted by Gasteiger charge is 2.33. The first-order valence-corrected chi connectivity index (χ1v) is 9.83. The number of benzene rings is 1. The van der Waals surface area contributed by atoms with Gasteiger partial charge in [0, 0.05) is 24.0 Å². The van der Waals surface area contributed by atoms with Crippen LogP contribution in [0.15, 0.2) is 22.7 Å². The lowest BCUT2D eigenvalue weighted by Crippen LogP contribution is -2.41. The molecular weight excluding hydrogens is 398 g/mol. The third-order valence-electron chi connectivity index (χ3n) is 4.52. The van der Waals surface area contributed by atoms with Crippen LogP contribution in [0.3, 0.4) is 0 Å². The Balaban J connectivity index is 1.87. The number of halogens is 1. The highest BCUT2D eigenvalue weighted by Crippen LogP contribution is 2.26. The highest BCUT2D eigenvalue weighted by atomic mass is 79.9. The van der Waals surface area contributed by atoms with E-state index in [1.165, 1.54) is 0 Å². The molecule has 7 heteroatoms. The predicted octanol–water partition coefficient (Wildman–Crippen LogP) is 3.73. The van der Waals surface area contributed by atoms with Gasteiger partial charge in [0.2, 0.25) is 0 Å². The second-order valence-corrected chi connectivity index (χ2v) is 8.63. The fourth-order valence-corrected chi connectivity index (χ4v) is 3.79. The number of likely N-dealkylation sites (tertiary alicyclic amines) is 1. The van der Waals surface area contributed by atoms with Crippen molar-refractivity contribution in [2.24, 2.45) is 0 Å². The summed E-state index contributed by atoms with van der Waals surface area (Å²) in [5.74, 6) is 0.844. The van der Waals surface area contributed by atoms with E-state index in [1.807, 2.05) is 43.9 Å². The van der Waals surface area contributed by atoms with Gasteiger partial charge in [-0.25, -0.2) is 9.78 Å². The Hall–Kier alpha value is -1.60. The largest absolute Gasteiger partial charge is 0.444 e. The summed E-state index contributed by atoms with van der Waals surface area (Å²) in [5.41, 5.74) is 1.41. The van der Waals surface area contributed by atoms with Gasteiger partial charge in [-0.15, -0.1) is 0 Å². The van der Waals surface area contributed by atoms with E-state index in [9.17, 15) is 9.90 Å². The van der Waals surface area contributed by atoms with Crippen molar-refractivity contribution < 1.29 is 14.6 Å². The summed E-state index contributed by atoms with van der Waals surface area (Å²) in [4.78, 5) is 19.1. The van der Waals surface area contributed by atoms with Crippen molar-refractivity contribution in [1.29, 1.82) is 0 Å². The van der Waals surface area contributed by atoms with Crippen molar-refractivity contribution in [3.63, 3.8) is 0 Å². The van der Waals surface area contributed by atoms with Crippen LogP contribution in [0, 0.1) is 0 Å². The van der Waals surface area contributed by atoms with Crippen molar-refractivity contribution in [3.05, 3.63) is 28.5 Å². The molecule has 6 nitrogen and oxygen atoms in total. The van der Waals surface area contributed by atoms with Crippen molar-refractivity contribution in [2.45, 2.75) is 58.2 Å². The normalized spacial score (nSPS) is 17.9. The molecule has 1 saturated heterocycles.